The molecular formula is C14H20FNO. The van der Waals surface area contributed by atoms with Crippen molar-refractivity contribution in [3.63, 3.8) is 0 Å². The number of hydrogen-bond donors (Lipinski definition) is 1. The Morgan fingerprint density at radius 1 is 1.41 bits per heavy atom. The van der Waals surface area contributed by atoms with E-state index in [1.807, 2.05) is 32.9 Å². The zero-order valence-corrected chi connectivity index (χ0v) is 10.7. The van der Waals surface area contributed by atoms with Gasteiger partial charge < -0.3 is 10.1 Å². The molecular weight excluding hydrogens is 217 g/mol. The van der Waals surface area contributed by atoms with Crippen molar-refractivity contribution >= 4 is 0 Å². The predicted octanol–water partition coefficient (Wildman–Crippen LogP) is 3.28. The topological polar surface area (TPSA) is 21.3 Å². The minimum absolute atomic E-state index is 0.303. The number of halogens is 1. The molecule has 0 unspecified atom stereocenters. The normalized spacial score (nSPS) is 10.1. The van der Waals surface area contributed by atoms with Gasteiger partial charge in [0, 0.05) is 12.1 Å². The first-order valence-corrected chi connectivity index (χ1v) is 5.89. The summed E-state index contributed by atoms with van der Waals surface area (Å²) in [6.07, 6.45) is 1.93. The van der Waals surface area contributed by atoms with Crippen LogP contribution >= 0.6 is 0 Å². The van der Waals surface area contributed by atoms with Crippen molar-refractivity contribution in [1.29, 1.82) is 0 Å². The molecule has 0 aliphatic heterocycles. The van der Waals surface area contributed by atoms with Crippen molar-refractivity contribution < 1.29 is 9.13 Å². The van der Waals surface area contributed by atoms with E-state index in [-0.39, 0.29) is 5.82 Å². The zero-order valence-electron chi connectivity index (χ0n) is 10.7. The lowest BCUT2D eigenvalue weighted by Crippen LogP contribution is -2.13. The second-order valence-corrected chi connectivity index (χ2v) is 4.10. The van der Waals surface area contributed by atoms with Crippen molar-refractivity contribution in [2.24, 2.45) is 0 Å². The van der Waals surface area contributed by atoms with E-state index in [0.29, 0.717) is 18.9 Å². The van der Waals surface area contributed by atoms with E-state index in [9.17, 15) is 4.39 Å². The third kappa shape index (κ3) is 4.57. The molecule has 1 rings (SSSR count). The van der Waals surface area contributed by atoms with Crippen LogP contribution < -0.4 is 10.1 Å². The Balaban J connectivity index is 2.76. The summed E-state index contributed by atoms with van der Waals surface area (Å²) in [6.45, 7) is 7.88. The highest BCUT2D eigenvalue weighted by Crippen LogP contribution is 2.22. The Morgan fingerprint density at radius 3 is 2.82 bits per heavy atom. The molecule has 1 aromatic carbocycles. The Labute approximate surface area is 102 Å². The highest BCUT2D eigenvalue weighted by Gasteiger charge is 2.08. The van der Waals surface area contributed by atoms with Gasteiger partial charge in [0.15, 0.2) is 11.6 Å². The van der Waals surface area contributed by atoms with Crippen LogP contribution in [0.15, 0.2) is 29.8 Å². The SMILES string of the molecule is CCNCc1cccc(F)c1OCC=C(C)C. The number of benzene rings is 1. The fourth-order valence-corrected chi connectivity index (χ4v) is 1.41. The van der Waals surface area contributed by atoms with E-state index in [2.05, 4.69) is 5.32 Å². The molecule has 0 bridgehead atoms. The van der Waals surface area contributed by atoms with Gasteiger partial charge in [-0.2, -0.15) is 0 Å². The molecule has 0 spiro atoms. The lowest BCUT2D eigenvalue weighted by molar-refractivity contribution is 0.335. The molecule has 1 aromatic rings. The van der Waals surface area contributed by atoms with Gasteiger partial charge in [-0.05, 0) is 32.5 Å². The molecule has 0 aliphatic rings. The van der Waals surface area contributed by atoms with E-state index < -0.39 is 0 Å². The van der Waals surface area contributed by atoms with E-state index in [4.69, 9.17) is 4.74 Å². The second kappa shape index (κ2) is 7.07. The first kappa shape index (κ1) is 13.7. The Hall–Kier alpha value is -1.35. The number of hydrogen-bond acceptors (Lipinski definition) is 2. The van der Waals surface area contributed by atoms with E-state index >= 15 is 0 Å². The third-order valence-corrected chi connectivity index (χ3v) is 2.33. The fraction of sp³-hybridized carbons (Fsp3) is 0.429. The van der Waals surface area contributed by atoms with Crippen LogP contribution in [0.3, 0.4) is 0 Å². The molecule has 0 aromatic heterocycles. The predicted molar refractivity (Wildman–Crippen MR) is 68.7 cm³/mol. The molecule has 0 saturated carbocycles. The van der Waals surface area contributed by atoms with Crippen LogP contribution in [0.5, 0.6) is 5.75 Å². The van der Waals surface area contributed by atoms with Crippen molar-refractivity contribution in [3.8, 4) is 5.75 Å². The average molecular weight is 237 g/mol. The van der Waals surface area contributed by atoms with Crippen molar-refractivity contribution in [3.05, 3.63) is 41.2 Å². The van der Waals surface area contributed by atoms with Gasteiger partial charge in [0.2, 0.25) is 0 Å². The lowest BCUT2D eigenvalue weighted by Gasteiger charge is -2.11. The van der Waals surface area contributed by atoms with Crippen molar-refractivity contribution in [2.75, 3.05) is 13.2 Å². The Kier molecular flexibility index (Phi) is 5.70. The Morgan fingerprint density at radius 2 is 2.18 bits per heavy atom. The Bertz CT molecular complexity index is 384. The second-order valence-electron chi connectivity index (χ2n) is 4.10. The smallest absolute Gasteiger partial charge is 0.165 e. The van der Waals surface area contributed by atoms with E-state index in [1.54, 1.807) is 6.07 Å². The average Bonchev–Trinajstić information content (AvgIpc) is 2.29. The van der Waals surface area contributed by atoms with E-state index in [0.717, 1.165) is 17.7 Å². The number of allylic oxidation sites excluding steroid dienone is 1. The highest BCUT2D eigenvalue weighted by atomic mass is 19.1. The van der Waals surface area contributed by atoms with Gasteiger partial charge in [-0.3, -0.25) is 0 Å². The molecule has 3 heteroatoms. The molecule has 1 N–H and O–H groups in total. The highest BCUT2D eigenvalue weighted by molar-refractivity contribution is 5.35. The molecule has 94 valence electrons. The monoisotopic (exact) mass is 237 g/mol. The van der Waals surface area contributed by atoms with Crippen LogP contribution in [0.1, 0.15) is 26.3 Å². The molecule has 17 heavy (non-hydrogen) atoms. The quantitative estimate of drug-likeness (QED) is 0.767. The molecule has 0 radical (unpaired) electrons. The van der Waals surface area contributed by atoms with Gasteiger partial charge in [-0.15, -0.1) is 0 Å². The number of para-hydroxylation sites is 1. The van der Waals surface area contributed by atoms with Crippen LogP contribution in [-0.2, 0) is 6.54 Å². The van der Waals surface area contributed by atoms with Gasteiger partial charge in [-0.25, -0.2) is 4.39 Å². The number of nitrogens with one attached hydrogen (secondary N) is 1. The molecule has 0 atom stereocenters. The lowest BCUT2D eigenvalue weighted by atomic mass is 10.2. The van der Waals surface area contributed by atoms with Crippen LogP contribution in [0.2, 0.25) is 0 Å². The molecule has 0 fully saturated rings. The van der Waals surface area contributed by atoms with Crippen molar-refractivity contribution in [2.45, 2.75) is 27.3 Å². The minimum atomic E-state index is -0.303. The first-order valence-electron chi connectivity index (χ1n) is 5.89. The van der Waals surface area contributed by atoms with Crippen LogP contribution in [0.25, 0.3) is 0 Å². The fourth-order valence-electron chi connectivity index (χ4n) is 1.41. The summed E-state index contributed by atoms with van der Waals surface area (Å²) >= 11 is 0. The van der Waals surface area contributed by atoms with Crippen LogP contribution in [-0.4, -0.2) is 13.2 Å². The van der Waals surface area contributed by atoms with Crippen LogP contribution in [0.4, 0.5) is 4.39 Å². The van der Waals surface area contributed by atoms with Gasteiger partial charge in [0.1, 0.15) is 6.61 Å². The standard InChI is InChI=1S/C14H20FNO/c1-4-16-10-12-6-5-7-13(15)14(12)17-9-8-11(2)3/h5-8,16H,4,9-10H2,1-3H3. The van der Waals surface area contributed by atoms with Crippen LogP contribution in [0, 0.1) is 5.82 Å². The zero-order chi connectivity index (χ0) is 12.7. The molecule has 0 aliphatic carbocycles. The largest absolute Gasteiger partial charge is 0.486 e. The van der Waals surface area contributed by atoms with Gasteiger partial charge in [0.05, 0.1) is 0 Å². The summed E-state index contributed by atoms with van der Waals surface area (Å²) in [4.78, 5) is 0. The maximum atomic E-state index is 13.6. The summed E-state index contributed by atoms with van der Waals surface area (Å²) in [7, 11) is 0. The summed E-state index contributed by atoms with van der Waals surface area (Å²) in [5.41, 5.74) is 2.02. The summed E-state index contributed by atoms with van der Waals surface area (Å²) in [6, 6.07) is 5.01. The summed E-state index contributed by atoms with van der Waals surface area (Å²) in [5, 5.41) is 3.17. The third-order valence-electron chi connectivity index (χ3n) is 2.33. The maximum Gasteiger partial charge on any atom is 0.165 e. The number of rotatable bonds is 6. The van der Waals surface area contributed by atoms with Crippen molar-refractivity contribution in [1.82, 2.24) is 5.32 Å². The summed E-state index contributed by atoms with van der Waals surface area (Å²) < 4.78 is 19.1. The van der Waals surface area contributed by atoms with E-state index in [1.165, 1.54) is 6.07 Å². The molecule has 0 amide bonds. The molecule has 2 nitrogen and oxygen atoms in total. The maximum absolute atomic E-state index is 13.6. The molecule has 0 saturated heterocycles. The van der Waals surface area contributed by atoms with Gasteiger partial charge in [-0.1, -0.05) is 24.6 Å². The first-order chi connectivity index (χ1) is 8.15. The van der Waals surface area contributed by atoms with Gasteiger partial charge >= 0.3 is 0 Å². The van der Waals surface area contributed by atoms with Gasteiger partial charge in [0.25, 0.3) is 0 Å². The minimum Gasteiger partial charge on any atom is -0.486 e. The summed E-state index contributed by atoms with van der Waals surface area (Å²) in [5.74, 6) is 0.0495. The number of ether oxygens (including phenoxy) is 1. The molecule has 0 heterocycles.